The van der Waals surface area contributed by atoms with Gasteiger partial charge >= 0.3 is 5.97 Å². The van der Waals surface area contributed by atoms with Crippen molar-refractivity contribution in [3.8, 4) is 0 Å². The average Bonchev–Trinajstić information content (AvgIpc) is 2.50. The fourth-order valence-electron chi connectivity index (χ4n) is 1.78. The number of nitrogens with one attached hydrogen (secondary N) is 1. The molecule has 0 aliphatic heterocycles. The zero-order valence-corrected chi connectivity index (χ0v) is 15.2. The molecule has 0 saturated heterocycles. The first-order valence-corrected chi connectivity index (χ1v) is 8.17. The summed E-state index contributed by atoms with van der Waals surface area (Å²) < 4.78 is 4.91. The second kappa shape index (κ2) is 9.61. The van der Waals surface area contributed by atoms with Gasteiger partial charge in [-0.15, -0.1) is 0 Å². The predicted molar refractivity (Wildman–Crippen MR) is 92.2 cm³/mol. The van der Waals surface area contributed by atoms with E-state index >= 15 is 0 Å². The minimum Gasteiger partial charge on any atom is -0.462 e. The summed E-state index contributed by atoms with van der Waals surface area (Å²) in [6.45, 7) is 5.37. The molecule has 0 aromatic carbocycles. The number of aliphatic hydroxyl groups is 1. The molecule has 24 heavy (non-hydrogen) atoms. The highest BCUT2D eigenvalue weighted by atomic mass is 35.5. The third kappa shape index (κ3) is 5.47. The molecule has 0 bridgehead atoms. The van der Waals surface area contributed by atoms with E-state index in [0.717, 1.165) is 0 Å². The van der Waals surface area contributed by atoms with Gasteiger partial charge in [0.25, 0.3) is 0 Å². The maximum Gasteiger partial charge on any atom is 0.343 e. The summed E-state index contributed by atoms with van der Waals surface area (Å²) in [5.74, 6) is -1.41. The lowest BCUT2D eigenvalue weighted by atomic mass is 10.0. The van der Waals surface area contributed by atoms with Gasteiger partial charge in [-0.2, -0.15) is 0 Å². The number of hydrogen-bond acceptors (Lipinski definition) is 6. The van der Waals surface area contributed by atoms with Crippen molar-refractivity contribution < 1.29 is 19.4 Å². The van der Waals surface area contributed by atoms with E-state index in [1.165, 1.54) is 18.5 Å². The highest BCUT2D eigenvalue weighted by Gasteiger charge is 2.25. The maximum atomic E-state index is 12.6. The molecular weight excluding hydrogens is 355 g/mol. The van der Waals surface area contributed by atoms with Crippen molar-refractivity contribution in [1.82, 2.24) is 10.3 Å². The number of esters is 1. The number of carbonyl (C=O) groups is 2. The number of hydrogen-bond donors (Lipinski definition) is 2. The molecule has 0 amide bonds. The number of ketones is 1. The number of carbonyl (C=O) groups excluding carboxylic acids is 2. The smallest absolute Gasteiger partial charge is 0.343 e. The van der Waals surface area contributed by atoms with Gasteiger partial charge in [0.2, 0.25) is 5.78 Å². The second-order valence-electron chi connectivity index (χ2n) is 5.29. The molecule has 0 spiro atoms. The van der Waals surface area contributed by atoms with Gasteiger partial charge in [0, 0.05) is 12.4 Å². The average molecular weight is 375 g/mol. The molecule has 1 aromatic heterocycles. The van der Waals surface area contributed by atoms with Crippen LogP contribution in [0.25, 0.3) is 0 Å². The van der Waals surface area contributed by atoms with Crippen molar-refractivity contribution in [2.24, 2.45) is 5.92 Å². The largest absolute Gasteiger partial charge is 0.462 e. The Balaban J connectivity index is 3.17. The monoisotopic (exact) mass is 374 g/mol. The van der Waals surface area contributed by atoms with E-state index < -0.39 is 11.8 Å². The minimum absolute atomic E-state index is 0.0327. The Bertz CT molecular complexity index is 633. The molecule has 2 N–H and O–H groups in total. The number of nitrogens with zero attached hydrogens (tertiary/aromatic N) is 1. The van der Waals surface area contributed by atoms with Crippen molar-refractivity contribution >= 4 is 35.0 Å². The Morgan fingerprint density at radius 3 is 2.58 bits per heavy atom. The second-order valence-corrected chi connectivity index (χ2v) is 6.13. The Labute approximate surface area is 150 Å². The Morgan fingerprint density at radius 1 is 1.42 bits per heavy atom. The van der Waals surface area contributed by atoms with Crippen LogP contribution in [0.2, 0.25) is 10.0 Å². The van der Waals surface area contributed by atoms with Crippen LogP contribution in [0.1, 0.15) is 31.3 Å². The van der Waals surface area contributed by atoms with Gasteiger partial charge in [0.15, 0.2) is 0 Å². The molecule has 1 atom stereocenters. The zero-order valence-electron chi connectivity index (χ0n) is 13.7. The van der Waals surface area contributed by atoms with E-state index in [9.17, 15) is 14.7 Å². The third-order valence-corrected chi connectivity index (χ3v) is 3.70. The van der Waals surface area contributed by atoms with E-state index in [0.29, 0.717) is 0 Å². The van der Waals surface area contributed by atoms with E-state index in [1.54, 1.807) is 6.92 Å². The van der Waals surface area contributed by atoms with Crippen LogP contribution in [-0.2, 0) is 9.53 Å². The molecule has 1 aromatic rings. The number of aromatic nitrogens is 1. The number of ether oxygens (including phenoxy) is 1. The highest BCUT2D eigenvalue weighted by molar-refractivity contribution is 6.38. The fourth-order valence-corrected chi connectivity index (χ4v) is 2.25. The lowest BCUT2D eigenvalue weighted by Gasteiger charge is -2.19. The molecule has 8 heteroatoms. The first-order chi connectivity index (χ1) is 11.3. The van der Waals surface area contributed by atoms with Crippen LogP contribution in [0.5, 0.6) is 0 Å². The summed E-state index contributed by atoms with van der Waals surface area (Å²) >= 11 is 11.7. The molecule has 0 radical (unpaired) electrons. The molecule has 1 rings (SSSR count). The Hall–Kier alpha value is -1.63. The summed E-state index contributed by atoms with van der Waals surface area (Å²) in [6.07, 6.45) is 2.50. The number of Topliss-reactive ketones (excluding diaryl/α,β-unsaturated/α-hetero) is 1. The van der Waals surface area contributed by atoms with Crippen LogP contribution >= 0.6 is 23.2 Å². The van der Waals surface area contributed by atoms with Gasteiger partial charge in [0.05, 0.1) is 29.3 Å². The van der Waals surface area contributed by atoms with E-state index in [-0.39, 0.29) is 46.5 Å². The van der Waals surface area contributed by atoms with Crippen LogP contribution in [0.4, 0.5) is 0 Å². The minimum atomic E-state index is -0.803. The third-order valence-electron chi connectivity index (χ3n) is 3.21. The molecule has 0 saturated carbocycles. The van der Waals surface area contributed by atoms with Gasteiger partial charge in [-0.05, 0) is 18.9 Å². The standard InChI is InChI=1S/C16H20Cl2N2O4/c1-4-24-16(23)11(7-19-13(8-21)9(2)3)15(22)14-12(18)5-10(17)6-20-14/h5-7,9,13,19,21H,4,8H2,1-3H3/b11-7-/t13-/m1/s1. The summed E-state index contributed by atoms with van der Waals surface area (Å²) in [6, 6.07) is 1.04. The van der Waals surface area contributed by atoms with Crippen molar-refractivity contribution in [2.45, 2.75) is 26.8 Å². The molecule has 0 unspecified atom stereocenters. The Morgan fingerprint density at radius 2 is 2.08 bits per heavy atom. The first-order valence-electron chi connectivity index (χ1n) is 7.41. The number of rotatable bonds is 8. The fraction of sp³-hybridized carbons (Fsp3) is 0.438. The van der Waals surface area contributed by atoms with E-state index in [2.05, 4.69) is 10.3 Å². The van der Waals surface area contributed by atoms with E-state index in [1.807, 2.05) is 13.8 Å². The summed E-state index contributed by atoms with van der Waals surface area (Å²) in [7, 11) is 0. The van der Waals surface area contributed by atoms with Crippen LogP contribution in [0.3, 0.4) is 0 Å². The topological polar surface area (TPSA) is 88.5 Å². The SMILES string of the molecule is CCOC(=O)/C(=C\N[C@H](CO)C(C)C)C(=O)c1ncc(Cl)cc1Cl. The van der Waals surface area contributed by atoms with Gasteiger partial charge in [-0.25, -0.2) is 9.78 Å². The zero-order chi connectivity index (χ0) is 18.3. The lowest BCUT2D eigenvalue weighted by molar-refractivity contribution is -0.138. The van der Waals surface area contributed by atoms with Crippen molar-refractivity contribution in [3.63, 3.8) is 0 Å². The summed E-state index contributed by atoms with van der Waals surface area (Å²) in [5.41, 5.74) is -0.361. The molecule has 0 aliphatic carbocycles. The molecule has 1 heterocycles. The van der Waals surface area contributed by atoms with Gasteiger partial charge in [-0.3, -0.25) is 4.79 Å². The van der Waals surface area contributed by atoms with Gasteiger partial charge < -0.3 is 15.2 Å². The lowest BCUT2D eigenvalue weighted by Crippen LogP contribution is -2.34. The van der Waals surface area contributed by atoms with Crippen molar-refractivity contribution in [3.05, 3.63) is 39.8 Å². The Kier molecular flexibility index (Phi) is 8.18. The van der Waals surface area contributed by atoms with Crippen molar-refractivity contribution in [2.75, 3.05) is 13.2 Å². The number of pyridine rings is 1. The van der Waals surface area contributed by atoms with Gasteiger partial charge in [-0.1, -0.05) is 37.0 Å². The molecular formula is C16H20Cl2N2O4. The molecule has 132 valence electrons. The molecule has 0 aliphatic rings. The van der Waals surface area contributed by atoms with Crippen molar-refractivity contribution in [1.29, 1.82) is 0 Å². The quantitative estimate of drug-likeness (QED) is 0.239. The van der Waals surface area contributed by atoms with Crippen LogP contribution in [-0.4, -0.2) is 41.1 Å². The molecule has 6 nitrogen and oxygen atoms in total. The molecule has 0 fully saturated rings. The summed E-state index contributed by atoms with van der Waals surface area (Å²) in [5, 5.41) is 12.5. The van der Waals surface area contributed by atoms with Gasteiger partial charge in [0.1, 0.15) is 11.3 Å². The highest BCUT2D eigenvalue weighted by Crippen LogP contribution is 2.21. The van der Waals surface area contributed by atoms with Crippen LogP contribution in [0.15, 0.2) is 24.0 Å². The normalized spacial score (nSPS) is 12.9. The van der Waals surface area contributed by atoms with E-state index in [4.69, 9.17) is 27.9 Å². The predicted octanol–water partition coefficient (Wildman–Crippen LogP) is 2.62. The number of halogens is 2. The number of aliphatic hydroxyl groups excluding tert-OH is 1. The maximum absolute atomic E-state index is 12.6. The first kappa shape index (κ1) is 20.4. The summed E-state index contributed by atoms with van der Waals surface area (Å²) in [4.78, 5) is 28.6. The van der Waals surface area contributed by atoms with Crippen LogP contribution < -0.4 is 5.32 Å². The van der Waals surface area contributed by atoms with Crippen LogP contribution in [0, 0.1) is 5.92 Å².